The Morgan fingerprint density at radius 1 is 1.16 bits per heavy atom. The van der Waals surface area contributed by atoms with Crippen molar-refractivity contribution in [1.82, 2.24) is 20.0 Å². The summed E-state index contributed by atoms with van der Waals surface area (Å²) in [6.45, 7) is 11.5. The van der Waals surface area contributed by atoms with E-state index in [-0.39, 0.29) is 11.4 Å². The largest absolute Gasteiger partial charge is 0.324 e. The van der Waals surface area contributed by atoms with E-state index in [4.69, 9.17) is 0 Å². The number of rotatable bonds is 3. The van der Waals surface area contributed by atoms with E-state index in [1.807, 2.05) is 17.0 Å². The van der Waals surface area contributed by atoms with Crippen molar-refractivity contribution >= 4 is 11.8 Å². The van der Waals surface area contributed by atoms with E-state index in [0.29, 0.717) is 11.7 Å². The molecule has 3 rings (SSSR count). The van der Waals surface area contributed by atoms with E-state index >= 15 is 0 Å². The van der Waals surface area contributed by atoms with Crippen LogP contribution < -0.4 is 5.32 Å². The van der Waals surface area contributed by atoms with Crippen LogP contribution in [0.5, 0.6) is 0 Å². The first-order chi connectivity index (χ1) is 11.9. The zero-order valence-electron chi connectivity index (χ0n) is 15.8. The third-order valence-electron chi connectivity index (χ3n) is 5.21. The molecule has 0 aliphatic carbocycles. The maximum absolute atomic E-state index is 12.5. The van der Waals surface area contributed by atoms with Crippen LogP contribution in [-0.4, -0.2) is 58.8 Å². The Morgan fingerprint density at radius 2 is 1.92 bits per heavy atom. The summed E-state index contributed by atoms with van der Waals surface area (Å²) in [6.07, 6.45) is 5.10. The molecule has 2 amide bonds. The second-order valence-corrected chi connectivity index (χ2v) is 8.45. The summed E-state index contributed by atoms with van der Waals surface area (Å²) in [6, 6.07) is 3.72. The lowest BCUT2D eigenvalue weighted by Gasteiger charge is -2.28. The minimum atomic E-state index is -0.0565. The molecular formula is C19H31N5O. The second-order valence-electron chi connectivity index (χ2n) is 8.45. The molecule has 138 valence electrons. The molecule has 1 N–H and O–H groups in total. The van der Waals surface area contributed by atoms with Crippen LogP contribution in [0.2, 0.25) is 0 Å². The molecule has 2 saturated heterocycles. The minimum absolute atomic E-state index is 0.0356. The van der Waals surface area contributed by atoms with Crippen molar-refractivity contribution in [3.63, 3.8) is 0 Å². The summed E-state index contributed by atoms with van der Waals surface area (Å²) >= 11 is 0. The minimum Gasteiger partial charge on any atom is -0.324 e. The SMILES string of the molecule is CC(C)(C)c1ccc(NC(=O)N2CCC(CN3CCCCC3)C2)nn1. The number of carbonyl (C=O) groups excluding carboxylic acids is 1. The third kappa shape index (κ3) is 4.91. The number of urea groups is 1. The zero-order chi connectivity index (χ0) is 17.9. The lowest BCUT2D eigenvalue weighted by molar-refractivity contribution is 0.192. The summed E-state index contributed by atoms with van der Waals surface area (Å²) < 4.78 is 0. The fraction of sp³-hybridized carbons (Fsp3) is 0.737. The molecule has 0 radical (unpaired) electrons. The quantitative estimate of drug-likeness (QED) is 0.914. The lowest BCUT2D eigenvalue weighted by Crippen LogP contribution is -2.37. The maximum atomic E-state index is 12.5. The Morgan fingerprint density at radius 3 is 2.56 bits per heavy atom. The Bertz CT molecular complexity index is 574. The number of aromatic nitrogens is 2. The first-order valence-electron chi connectivity index (χ1n) is 9.54. The Balaban J connectivity index is 1.48. The number of hydrogen-bond donors (Lipinski definition) is 1. The number of hydrogen-bond acceptors (Lipinski definition) is 4. The molecule has 6 nitrogen and oxygen atoms in total. The molecule has 0 aromatic carbocycles. The van der Waals surface area contributed by atoms with Crippen molar-refractivity contribution in [3.8, 4) is 0 Å². The van der Waals surface area contributed by atoms with Crippen molar-refractivity contribution in [2.45, 2.75) is 51.9 Å². The number of nitrogens with zero attached hydrogens (tertiary/aromatic N) is 4. The van der Waals surface area contributed by atoms with Crippen LogP contribution >= 0.6 is 0 Å². The summed E-state index contributed by atoms with van der Waals surface area (Å²) in [7, 11) is 0. The van der Waals surface area contributed by atoms with Crippen molar-refractivity contribution in [1.29, 1.82) is 0 Å². The smallest absolute Gasteiger partial charge is 0.323 e. The lowest BCUT2D eigenvalue weighted by atomic mass is 9.92. The van der Waals surface area contributed by atoms with Crippen LogP contribution in [0, 0.1) is 5.92 Å². The summed E-state index contributed by atoms with van der Waals surface area (Å²) in [5.74, 6) is 1.12. The van der Waals surface area contributed by atoms with Gasteiger partial charge in [-0.2, -0.15) is 5.10 Å². The van der Waals surface area contributed by atoms with E-state index in [1.54, 1.807) is 0 Å². The highest BCUT2D eigenvalue weighted by Gasteiger charge is 2.28. The molecule has 2 aliphatic rings. The monoisotopic (exact) mass is 345 g/mol. The van der Waals surface area contributed by atoms with Gasteiger partial charge in [-0.15, -0.1) is 5.10 Å². The number of carbonyl (C=O) groups is 1. The fourth-order valence-corrected chi connectivity index (χ4v) is 3.66. The Hall–Kier alpha value is -1.69. The average molecular weight is 345 g/mol. The molecule has 1 unspecified atom stereocenters. The van der Waals surface area contributed by atoms with Crippen molar-refractivity contribution in [3.05, 3.63) is 17.8 Å². The van der Waals surface area contributed by atoms with E-state index in [0.717, 1.165) is 31.7 Å². The van der Waals surface area contributed by atoms with Gasteiger partial charge in [0.15, 0.2) is 5.82 Å². The van der Waals surface area contributed by atoms with Crippen LogP contribution in [0.1, 0.15) is 52.1 Å². The van der Waals surface area contributed by atoms with Gasteiger partial charge >= 0.3 is 6.03 Å². The van der Waals surface area contributed by atoms with Crippen LogP contribution in [-0.2, 0) is 5.41 Å². The van der Waals surface area contributed by atoms with Crippen LogP contribution in [0.25, 0.3) is 0 Å². The van der Waals surface area contributed by atoms with E-state index in [2.05, 4.69) is 41.2 Å². The molecule has 1 aromatic rings. The zero-order valence-corrected chi connectivity index (χ0v) is 15.8. The molecule has 3 heterocycles. The topological polar surface area (TPSA) is 61.4 Å². The molecule has 0 bridgehead atoms. The third-order valence-corrected chi connectivity index (χ3v) is 5.21. The second kappa shape index (κ2) is 7.68. The Kier molecular flexibility index (Phi) is 5.57. The highest BCUT2D eigenvalue weighted by Crippen LogP contribution is 2.22. The van der Waals surface area contributed by atoms with Crippen LogP contribution in [0.3, 0.4) is 0 Å². The molecule has 6 heteroatoms. The van der Waals surface area contributed by atoms with Crippen LogP contribution in [0.15, 0.2) is 12.1 Å². The van der Waals surface area contributed by atoms with Gasteiger partial charge in [-0.1, -0.05) is 27.2 Å². The first-order valence-corrected chi connectivity index (χ1v) is 9.54. The highest BCUT2D eigenvalue weighted by atomic mass is 16.2. The Labute approximate surface area is 151 Å². The highest BCUT2D eigenvalue weighted by molar-refractivity contribution is 5.88. The van der Waals surface area contributed by atoms with Gasteiger partial charge in [0.1, 0.15) is 0 Å². The van der Waals surface area contributed by atoms with Crippen molar-refractivity contribution in [2.75, 3.05) is 38.0 Å². The van der Waals surface area contributed by atoms with E-state index in [9.17, 15) is 4.79 Å². The van der Waals surface area contributed by atoms with Gasteiger partial charge in [-0.05, 0) is 50.4 Å². The number of piperidine rings is 1. The van der Waals surface area contributed by atoms with Crippen molar-refractivity contribution < 1.29 is 4.79 Å². The molecule has 0 spiro atoms. The molecular weight excluding hydrogens is 314 g/mol. The van der Waals surface area contributed by atoms with E-state index in [1.165, 1.54) is 32.4 Å². The predicted octanol–water partition coefficient (Wildman–Crippen LogP) is 3.11. The predicted molar refractivity (Wildman–Crippen MR) is 99.7 cm³/mol. The van der Waals surface area contributed by atoms with Gasteiger partial charge in [-0.3, -0.25) is 5.32 Å². The fourth-order valence-electron chi connectivity index (χ4n) is 3.66. The number of likely N-dealkylation sites (tertiary alicyclic amines) is 2. The van der Waals surface area contributed by atoms with Gasteiger partial charge < -0.3 is 9.80 Å². The molecule has 1 atom stereocenters. The molecule has 25 heavy (non-hydrogen) atoms. The summed E-state index contributed by atoms with van der Waals surface area (Å²) in [5.41, 5.74) is 0.889. The van der Waals surface area contributed by atoms with E-state index < -0.39 is 0 Å². The van der Waals surface area contributed by atoms with Gasteiger partial charge in [-0.25, -0.2) is 4.79 Å². The maximum Gasteiger partial charge on any atom is 0.323 e. The average Bonchev–Trinajstić information content (AvgIpc) is 3.04. The number of amides is 2. The normalized spacial score (nSPS) is 22.2. The van der Waals surface area contributed by atoms with Gasteiger partial charge in [0.2, 0.25) is 0 Å². The molecule has 2 fully saturated rings. The standard InChI is InChI=1S/C19H31N5O/c1-19(2,3)16-7-8-17(22-21-16)20-18(25)24-12-9-15(14-24)13-23-10-5-4-6-11-23/h7-8,15H,4-6,9-14H2,1-3H3,(H,20,22,25). The van der Waals surface area contributed by atoms with Gasteiger partial charge in [0, 0.05) is 25.0 Å². The molecule has 1 aromatic heterocycles. The number of anilines is 1. The first kappa shape index (κ1) is 18.1. The molecule has 0 saturated carbocycles. The van der Waals surface area contributed by atoms with Gasteiger partial charge in [0.05, 0.1) is 5.69 Å². The van der Waals surface area contributed by atoms with Gasteiger partial charge in [0.25, 0.3) is 0 Å². The summed E-state index contributed by atoms with van der Waals surface area (Å²) in [5, 5.41) is 11.3. The van der Waals surface area contributed by atoms with Crippen molar-refractivity contribution in [2.24, 2.45) is 5.92 Å². The number of nitrogens with one attached hydrogen (secondary N) is 1. The molecule has 2 aliphatic heterocycles. The summed E-state index contributed by atoms with van der Waals surface area (Å²) in [4.78, 5) is 16.9. The van der Waals surface area contributed by atoms with Crippen LogP contribution in [0.4, 0.5) is 10.6 Å².